The van der Waals surface area contributed by atoms with E-state index in [4.69, 9.17) is 11.5 Å². The van der Waals surface area contributed by atoms with Crippen LogP contribution in [0.1, 0.15) is 35.4 Å². The maximum Gasteiger partial charge on any atom is 0.154 e. The highest BCUT2D eigenvalue weighted by atomic mass is 32.2. The Labute approximate surface area is 165 Å². The largest absolute Gasteiger partial charge is 0.395 e. The quantitative estimate of drug-likeness (QED) is 0.796. The number of nitrogens with two attached hydrogens (primary N) is 2. The van der Waals surface area contributed by atoms with Gasteiger partial charge in [0.2, 0.25) is 0 Å². The molecule has 2 unspecified atom stereocenters. The monoisotopic (exact) mass is 399 g/mol. The average Bonchev–Trinajstić information content (AvgIpc) is 2.89. The number of hydrogen-bond donors (Lipinski definition) is 2. The number of rotatable bonds is 5. The van der Waals surface area contributed by atoms with Crippen LogP contribution in [0.4, 0.5) is 11.5 Å². The first-order chi connectivity index (χ1) is 13.3. The average molecular weight is 400 g/mol. The molecule has 1 aliphatic rings. The standard InChI is InChI=1S/C20H25N5O2S/c1-13(28(2,26)27)15-3-4-17(25-12-15)10-14-5-7-23-11-16(9-14)18-6-8-24-20(22)19(18)21/h3-4,6,8-9,11-14H,5,7,10,21H2,1-2H3,(H2,22,24). The lowest BCUT2D eigenvalue weighted by Crippen LogP contribution is -2.09. The molecule has 0 spiro atoms. The molecule has 0 aliphatic carbocycles. The van der Waals surface area contributed by atoms with Crippen molar-refractivity contribution in [2.24, 2.45) is 10.9 Å². The molecule has 2 aromatic rings. The number of anilines is 2. The molecule has 0 radical (unpaired) electrons. The number of aliphatic imine (C=N–C) groups is 1. The predicted molar refractivity (Wildman–Crippen MR) is 114 cm³/mol. The van der Waals surface area contributed by atoms with Crippen LogP contribution in [0.25, 0.3) is 5.57 Å². The van der Waals surface area contributed by atoms with E-state index in [1.807, 2.05) is 24.4 Å². The van der Waals surface area contributed by atoms with Crippen molar-refractivity contribution >= 4 is 33.1 Å². The summed E-state index contributed by atoms with van der Waals surface area (Å²) in [4.78, 5) is 12.9. The van der Waals surface area contributed by atoms with Crippen LogP contribution in [-0.4, -0.2) is 37.4 Å². The topological polar surface area (TPSA) is 124 Å². The van der Waals surface area contributed by atoms with Crippen molar-refractivity contribution in [3.63, 3.8) is 0 Å². The van der Waals surface area contributed by atoms with Gasteiger partial charge in [-0.25, -0.2) is 13.4 Å². The maximum absolute atomic E-state index is 11.7. The van der Waals surface area contributed by atoms with Gasteiger partial charge in [-0.05, 0) is 49.0 Å². The Morgan fingerprint density at radius 3 is 2.68 bits per heavy atom. The van der Waals surface area contributed by atoms with Crippen LogP contribution in [0.2, 0.25) is 0 Å². The van der Waals surface area contributed by atoms with Crippen molar-refractivity contribution in [3.05, 3.63) is 53.5 Å². The van der Waals surface area contributed by atoms with Gasteiger partial charge in [0.05, 0.1) is 10.9 Å². The second-order valence-corrected chi connectivity index (χ2v) is 9.49. The van der Waals surface area contributed by atoms with E-state index >= 15 is 0 Å². The third-order valence-corrected chi connectivity index (χ3v) is 6.59. The van der Waals surface area contributed by atoms with E-state index in [-0.39, 0.29) is 5.92 Å². The second-order valence-electron chi connectivity index (χ2n) is 7.12. The van der Waals surface area contributed by atoms with Gasteiger partial charge in [-0.3, -0.25) is 9.98 Å². The summed E-state index contributed by atoms with van der Waals surface area (Å²) < 4.78 is 23.4. The number of pyridine rings is 2. The molecule has 1 aliphatic heterocycles. The fourth-order valence-electron chi connectivity index (χ4n) is 3.16. The summed E-state index contributed by atoms with van der Waals surface area (Å²) in [5.41, 5.74) is 15.7. The first kappa shape index (κ1) is 20.0. The van der Waals surface area contributed by atoms with E-state index in [1.165, 1.54) is 6.26 Å². The zero-order valence-electron chi connectivity index (χ0n) is 16.0. The SMILES string of the molecule is CC(c1ccc(CC2C=C(c3ccnc(N)c3N)C=NCC2)nc1)S(C)(=O)=O. The van der Waals surface area contributed by atoms with Gasteiger partial charge in [0.15, 0.2) is 9.84 Å². The zero-order chi connectivity index (χ0) is 20.3. The van der Waals surface area contributed by atoms with Gasteiger partial charge in [-0.2, -0.15) is 0 Å². The fraction of sp³-hybridized carbons (Fsp3) is 0.350. The summed E-state index contributed by atoms with van der Waals surface area (Å²) in [7, 11) is -3.14. The molecule has 4 N–H and O–H groups in total. The Kier molecular flexibility index (Phi) is 5.79. The van der Waals surface area contributed by atoms with Crippen molar-refractivity contribution < 1.29 is 8.42 Å². The number of aromatic nitrogens is 2. The molecule has 0 amide bonds. The van der Waals surface area contributed by atoms with Crippen molar-refractivity contribution in [1.29, 1.82) is 0 Å². The number of nitrogens with zero attached hydrogens (tertiary/aromatic N) is 3. The smallest absolute Gasteiger partial charge is 0.154 e. The minimum atomic E-state index is -3.14. The summed E-state index contributed by atoms with van der Waals surface area (Å²) in [5, 5.41) is -0.563. The molecule has 0 bridgehead atoms. The third kappa shape index (κ3) is 4.56. The summed E-state index contributed by atoms with van der Waals surface area (Å²) in [6, 6.07) is 5.58. The molecule has 7 nitrogen and oxygen atoms in total. The lowest BCUT2D eigenvalue weighted by molar-refractivity contribution is 0.589. The van der Waals surface area contributed by atoms with Crippen LogP contribution in [0.15, 0.2) is 41.7 Å². The molecule has 148 valence electrons. The number of nitrogen functional groups attached to an aromatic ring is 2. The first-order valence-corrected chi connectivity index (χ1v) is 11.1. The highest BCUT2D eigenvalue weighted by Crippen LogP contribution is 2.28. The van der Waals surface area contributed by atoms with Crippen molar-refractivity contribution in [2.75, 3.05) is 24.3 Å². The summed E-state index contributed by atoms with van der Waals surface area (Å²) >= 11 is 0. The Hall–Kier alpha value is -2.74. The van der Waals surface area contributed by atoms with Gasteiger partial charge in [-0.1, -0.05) is 12.1 Å². The normalized spacial score (nSPS) is 18.4. The molecule has 2 atom stereocenters. The molecule has 0 aromatic carbocycles. The third-order valence-electron chi connectivity index (χ3n) is 5.04. The van der Waals surface area contributed by atoms with E-state index in [1.54, 1.807) is 19.3 Å². The summed E-state index contributed by atoms with van der Waals surface area (Å²) in [6.07, 6.45) is 10.1. The lowest BCUT2D eigenvalue weighted by Gasteiger charge is -2.14. The highest BCUT2D eigenvalue weighted by molar-refractivity contribution is 7.90. The van der Waals surface area contributed by atoms with E-state index in [9.17, 15) is 8.42 Å². The van der Waals surface area contributed by atoms with Crippen LogP contribution in [0.3, 0.4) is 0 Å². The number of sulfone groups is 1. The van der Waals surface area contributed by atoms with Gasteiger partial charge >= 0.3 is 0 Å². The maximum atomic E-state index is 11.7. The van der Waals surface area contributed by atoms with Gasteiger partial charge in [-0.15, -0.1) is 0 Å². The Balaban J connectivity index is 1.81. The molecule has 28 heavy (non-hydrogen) atoms. The molecular weight excluding hydrogens is 374 g/mol. The molecule has 2 aromatic heterocycles. The molecule has 8 heteroatoms. The number of hydrogen-bond acceptors (Lipinski definition) is 7. The van der Waals surface area contributed by atoms with E-state index in [0.29, 0.717) is 23.6 Å². The Bertz CT molecular complexity index is 1010. The predicted octanol–water partition coefficient (Wildman–Crippen LogP) is 2.46. The van der Waals surface area contributed by atoms with Crippen molar-refractivity contribution in [1.82, 2.24) is 9.97 Å². The van der Waals surface area contributed by atoms with Crippen LogP contribution < -0.4 is 11.5 Å². The highest BCUT2D eigenvalue weighted by Gasteiger charge is 2.18. The van der Waals surface area contributed by atoms with E-state index in [2.05, 4.69) is 21.0 Å². The van der Waals surface area contributed by atoms with Crippen LogP contribution >= 0.6 is 0 Å². The summed E-state index contributed by atoms with van der Waals surface area (Å²) in [5.74, 6) is 0.543. The van der Waals surface area contributed by atoms with Gasteiger partial charge < -0.3 is 11.5 Å². The van der Waals surface area contributed by atoms with Crippen LogP contribution in [0.5, 0.6) is 0 Å². The molecule has 3 heterocycles. The molecule has 3 rings (SSSR count). The van der Waals surface area contributed by atoms with Crippen molar-refractivity contribution in [3.8, 4) is 0 Å². The Morgan fingerprint density at radius 2 is 2.00 bits per heavy atom. The molecule has 0 saturated carbocycles. The van der Waals surface area contributed by atoms with Crippen LogP contribution in [-0.2, 0) is 16.3 Å². The van der Waals surface area contributed by atoms with E-state index in [0.717, 1.165) is 29.7 Å². The van der Waals surface area contributed by atoms with Gasteiger partial charge in [0, 0.05) is 42.7 Å². The van der Waals surface area contributed by atoms with Crippen LogP contribution in [0, 0.1) is 5.92 Å². The van der Waals surface area contributed by atoms with Crippen molar-refractivity contribution in [2.45, 2.75) is 25.0 Å². The Morgan fingerprint density at radius 1 is 1.21 bits per heavy atom. The molecule has 0 saturated heterocycles. The lowest BCUT2D eigenvalue weighted by atomic mass is 9.94. The summed E-state index contributed by atoms with van der Waals surface area (Å²) in [6.45, 7) is 2.39. The minimum Gasteiger partial charge on any atom is -0.395 e. The van der Waals surface area contributed by atoms with E-state index < -0.39 is 15.1 Å². The van der Waals surface area contributed by atoms with Gasteiger partial charge in [0.25, 0.3) is 0 Å². The minimum absolute atomic E-state index is 0.233. The molecular formula is C20H25N5O2S. The first-order valence-electron chi connectivity index (χ1n) is 9.11. The van der Waals surface area contributed by atoms with Gasteiger partial charge in [0.1, 0.15) is 5.82 Å². The zero-order valence-corrected chi connectivity index (χ0v) is 16.9. The second kappa shape index (κ2) is 8.10. The molecule has 0 fully saturated rings. The number of allylic oxidation sites excluding steroid dienone is 2. The fourth-order valence-corrected chi connectivity index (χ4v) is 3.79.